The van der Waals surface area contributed by atoms with E-state index in [0.717, 1.165) is 19.4 Å². The van der Waals surface area contributed by atoms with Gasteiger partial charge in [-0.15, -0.1) is 23.7 Å². The highest BCUT2D eigenvalue weighted by Gasteiger charge is 2.19. The minimum absolute atomic E-state index is 0. The van der Waals surface area contributed by atoms with Crippen LogP contribution in [0.5, 0.6) is 0 Å². The second-order valence-corrected chi connectivity index (χ2v) is 5.61. The molecule has 0 saturated carbocycles. The van der Waals surface area contributed by atoms with E-state index in [-0.39, 0.29) is 24.4 Å². The normalized spacial score (nSPS) is 19.5. The molecule has 2 rings (SSSR count). The number of amides is 1. The van der Waals surface area contributed by atoms with Crippen molar-refractivity contribution in [3.8, 4) is 0 Å². The molecular weight excluding hydrogens is 256 g/mol. The van der Waals surface area contributed by atoms with Crippen LogP contribution in [0.3, 0.4) is 0 Å². The molecule has 1 amide bonds. The predicted octanol–water partition coefficient (Wildman–Crippen LogP) is 2.24. The number of piperidine rings is 1. The highest BCUT2D eigenvalue weighted by Crippen LogP contribution is 2.14. The molecule has 1 fully saturated rings. The Morgan fingerprint density at radius 1 is 1.53 bits per heavy atom. The van der Waals surface area contributed by atoms with Gasteiger partial charge in [-0.2, -0.15) is 0 Å². The van der Waals surface area contributed by atoms with E-state index < -0.39 is 0 Å². The first kappa shape index (κ1) is 14.5. The Morgan fingerprint density at radius 3 is 2.94 bits per heavy atom. The maximum Gasteiger partial charge on any atom is 0.237 e. The van der Waals surface area contributed by atoms with Gasteiger partial charge in [0.25, 0.3) is 0 Å². The molecule has 1 aromatic heterocycles. The van der Waals surface area contributed by atoms with Crippen LogP contribution in [0.25, 0.3) is 0 Å². The summed E-state index contributed by atoms with van der Waals surface area (Å²) in [5, 5.41) is 6.24. The third kappa shape index (κ3) is 4.30. The van der Waals surface area contributed by atoms with Gasteiger partial charge in [0, 0.05) is 9.75 Å². The molecule has 0 radical (unpaired) electrons. The molecule has 1 atom stereocenters. The van der Waals surface area contributed by atoms with Crippen LogP contribution < -0.4 is 10.6 Å². The molecule has 2 heterocycles. The highest BCUT2D eigenvalue weighted by molar-refractivity contribution is 7.11. The zero-order chi connectivity index (χ0) is 11.4. The number of aryl methyl sites for hydroxylation is 1. The summed E-state index contributed by atoms with van der Waals surface area (Å²) in [4.78, 5) is 14.3. The average Bonchev–Trinajstić information content (AvgIpc) is 2.73. The standard InChI is InChI=1S/C12H18N2OS.ClH/c1-9-5-6-10(16-9)8-14-12(15)11-4-2-3-7-13-11;/h5-6,11,13H,2-4,7-8H2,1H3,(H,14,15);1H. The van der Waals surface area contributed by atoms with Gasteiger partial charge in [-0.3, -0.25) is 4.79 Å². The number of carbonyl (C=O) groups excluding carboxylic acids is 1. The molecule has 0 aromatic carbocycles. The fraction of sp³-hybridized carbons (Fsp3) is 0.583. The third-order valence-corrected chi connectivity index (χ3v) is 3.86. The van der Waals surface area contributed by atoms with Crippen molar-refractivity contribution in [1.29, 1.82) is 0 Å². The van der Waals surface area contributed by atoms with Crippen molar-refractivity contribution in [3.63, 3.8) is 0 Å². The van der Waals surface area contributed by atoms with Crippen molar-refractivity contribution in [3.05, 3.63) is 21.9 Å². The van der Waals surface area contributed by atoms with Crippen LogP contribution in [0.1, 0.15) is 29.0 Å². The fourth-order valence-corrected chi connectivity index (χ4v) is 2.78. The lowest BCUT2D eigenvalue weighted by molar-refractivity contribution is -0.123. The zero-order valence-electron chi connectivity index (χ0n) is 9.99. The molecule has 1 unspecified atom stereocenters. The van der Waals surface area contributed by atoms with Crippen LogP contribution >= 0.6 is 23.7 Å². The number of rotatable bonds is 3. The van der Waals surface area contributed by atoms with E-state index in [1.165, 1.54) is 16.2 Å². The first-order valence-electron chi connectivity index (χ1n) is 5.82. The highest BCUT2D eigenvalue weighted by atomic mass is 35.5. The minimum Gasteiger partial charge on any atom is -0.350 e. The van der Waals surface area contributed by atoms with Gasteiger partial charge < -0.3 is 10.6 Å². The zero-order valence-corrected chi connectivity index (χ0v) is 11.6. The number of carbonyl (C=O) groups is 1. The monoisotopic (exact) mass is 274 g/mol. The second-order valence-electron chi connectivity index (χ2n) is 4.23. The van der Waals surface area contributed by atoms with Crippen molar-refractivity contribution < 1.29 is 4.79 Å². The minimum atomic E-state index is 0. The van der Waals surface area contributed by atoms with Gasteiger partial charge in [0.2, 0.25) is 5.91 Å². The van der Waals surface area contributed by atoms with Crippen molar-refractivity contribution >= 4 is 29.7 Å². The molecular formula is C12H19ClN2OS. The summed E-state index contributed by atoms with van der Waals surface area (Å²) in [7, 11) is 0. The molecule has 1 aliphatic rings. The van der Waals surface area contributed by atoms with Crippen LogP contribution in [-0.2, 0) is 11.3 Å². The van der Waals surface area contributed by atoms with Crippen LogP contribution in [0.4, 0.5) is 0 Å². The van der Waals surface area contributed by atoms with Crippen molar-refractivity contribution in [2.24, 2.45) is 0 Å². The smallest absolute Gasteiger partial charge is 0.237 e. The first-order valence-corrected chi connectivity index (χ1v) is 6.64. The van der Waals surface area contributed by atoms with E-state index in [1.54, 1.807) is 11.3 Å². The van der Waals surface area contributed by atoms with E-state index in [9.17, 15) is 4.79 Å². The molecule has 17 heavy (non-hydrogen) atoms. The Bertz CT molecular complexity index is 361. The summed E-state index contributed by atoms with van der Waals surface area (Å²) < 4.78 is 0. The van der Waals surface area contributed by atoms with Gasteiger partial charge in [-0.1, -0.05) is 6.42 Å². The van der Waals surface area contributed by atoms with E-state index >= 15 is 0 Å². The summed E-state index contributed by atoms with van der Waals surface area (Å²) >= 11 is 1.74. The van der Waals surface area contributed by atoms with Crippen LogP contribution in [0.2, 0.25) is 0 Å². The average molecular weight is 275 g/mol. The topological polar surface area (TPSA) is 41.1 Å². The number of halogens is 1. The summed E-state index contributed by atoms with van der Waals surface area (Å²) in [5.74, 6) is 0.144. The third-order valence-electron chi connectivity index (χ3n) is 2.86. The van der Waals surface area contributed by atoms with Crippen molar-refractivity contribution in [2.45, 2.75) is 38.8 Å². The Kier molecular flexibility index (Phi) is 5.95. The number of hydrogen-bond donors (Lipinski definition) is 2. The molecule has 2 N–H and O–H groups in total. The summed E-state index contributed by atoms with van der Waals surface area (Å²) in [6, 6.07) is 4.19. The number of thiophene rings is 1. The Morgan fingerprint density at radius 2 is 2.35 bits per heavy atom. The van der Waals surface area contributed by atoms with E-state index in [0.29, 0.717) is 6.54 Å². The number of hydrogen-bond acceptors (Lipinski definition) is 3. The van der Waals surface area contributed by atoms with E-state index in [4.69, 9.17) is 0 Å². The van der Waals surface area contributed by atoms with Crippen LogP contribution in [0.15, 0.2) is 12.1 Å². The number of nitrogens with one attached hydrogen (secondary N) is 2. The molecule has 3 nitrogen and oxygen atoms in total. The van der Waals surface area contributed by atoms with Crippen LogP contribution in [0, 0.1) is 6.92 Å². The molecule has 5 heteroatoms. The lowest BCUT2D eigenvalue weighted by Crippen LogP contribution is -2.46. The SMILES string of the molecule is Cc1ccc(CNC(=O)C2CCCCN2)s1.Cl. The van der Waals surface area contributed by atoms with Crippen molar-refractivity contribution in [1.82, 2.24) is 10.6 Å². The maximum absolute atomic E-state index is 11.8. The first-order chi connectivity index (χ1) is 7.75. The lowest BCUT2D eigenvalue weighted by Gasteiger charge is -2.22. The van der Waals surface area contributed by atoms with Gasteiger partial charge in [0.15, 0.2) is 0 Å². The molecule has 0 spiro atoms. The van der Waals surface area contributed by atoms with Gasteiger partial charge in [0.05, 0.1) is 12.6 Å². The van der Waals surface area contributed by atoms with Gasteiger partial charge >= 0.3 is 0 Å². The van der Waals surface area contributed by atoms with Gasteiger partial charge in [-0.05, 0) is 38.4 Å². The van der Waals surface area contributed by atoms with E-state index in [1.807, 2.05) is 0 Å². The lowest BCUT2D eigenvalue weighted by atomic mass is 10.0. The second kappa shape index (κ2) is 6.99. The molecule has 96 valence electrons. The molecule has 0 bridgehead atoms. The summed E-state index contributed by atoms with van der Waals surface area (Å²) in [5.41, 5.74) is 0. The molecule has 0 aliphatic carbocycles. The molecule has 1 aliphatic heterocycles. The Labute approximate surface area is 112 Å². The maximum atomic E-state index is 11.8. The Hall–Kier alpha value is -0.580. The summed E-state index contributed by atoms with van der Waals surface area (Å²) in [6.07, 6.45) is 3.31. The summed E-state index contributed by atoms with van der Waals surface area (Å²) in [6.45, 7) is 3.71. The fourth-order valence-electron chi connectivity index (χ4n) is 1.95. The van der Waals surface area contributed by atoms with Crippen molar-refractivity contribution in [2.75, 3.05) is 6.54 Å². The largest absolute Gasteiger partial charge is 0.350 e. The van der Waals surface area contributed by atoms with Crippen LogP contribution in [-0.4, -0.2) is 18.5 Å². The Balaban J connectivity index is 0.00000144. The van der Waals surface area contributed by atoms with Gasteiger partial charge in [0.1, 0.15) is 0 Å². The molecule has 1 saturated heterocycles. The quantitative estimate of drug-likeness (QED) is 0.888. The van der Waals surface area contributed by atoms with E-state index in [2.05, 4.69) is 29.7 Å². The predicted molar refractivity (Wildman–Crippen MR) is 73.8 cm³/mol. The van der Waals surface area contributed by atoms with Gasteiger partial charge in [-0.25, -0.2) is 0 Å². The molecule has 1 aromatic rings.